The highest BCUT2D eigenvalue weighted by Gasteiger charge is 2.13. The van der Waals surface area contributed by atoms with Crippen LogP contribution in [0.5, 0.6) is 0 Å². The van der Waals surface area contributed by atoms with Crippen molar-refractivity contribution in [3.8, 4) is 0 Å². The third-order valence-electron chi connectivity index (χ3n) is 2.34. The van der Waals surface area contributed by atoms with Gasteiger partial charge in [-0.1, -0.05) is 13.3 Å². The summed E-state index contributed by atoms with van der Waals surface area (Å²) in [5, 5.41) is 0.716. The molecule has 0 N–H and O–H groups in total. The number of thiocarbonyl (C=S) groups is 1. The molecular formula is C10H19NOS. The van der Waals surface area contributed by atoms with E-state index in [0.717, 1.165) is 26.1 Å². The third-order valence-corrected chi connectivity index (χ3v) is 2.71. The van der Waals surface area contributed by atoms with Gasteiger partial charge in [0.25, 0.3) is 5.17 Å². The molecule has 76 valence electrons. The second kappa shape index (κ2) is 6.19. The average Bonchev–Trinajstić information content (AvgIpc) is 2.19. The maximum atomic E-state index is 5.48. The fraction of sp³-hybridized carbons (Fsp3) is 0.900. The van der Waals surface area contributed by atoms with E-state index in [9.17, 15) is 0 Å². The molecule has 0 bridgehead atoms. The largest absolute Gasteiger partial charge is 0.471 e. The lowest BCUT2D eigenvalue weighted by Gasteiger charge is -2.28. The minimum atomic E-state index is 0.716. The minimum absolute atomic E-state index is 0.716. The van der Waals surface area contributed by atoms with E-state index in [1.165, 1.54) is 25.7 Å². The molecule has 13 heavy (non-hydrogen) atoms. The third kappa shape index (κ3) is 3.94. The molecule has 1 aliphatic rings. The molecule has 1 heterocycles. The van der Waals surface area contributed by atoms with Gasteiger partial charge in [0.05, 0.1) is 6.61 Å². The monoisotopic (exact) mass is 201 g/mol. The number of likely N-dealkylation sites (tertiary alicyclic amines) is 1. The van der Waals surface area contributed by atoms with Crippen molar-refractivity contribution in [1.82, 2.24) is 4.90 Å². The van der Waals surface area contributed by atoms with E-state index in [2.05, 4.69) is 11.8 Å². The van der Waals surface area contributed by atoms with Crippen LogP contribution in [0.1, 0.15) is 39.0 Å². The summed E-state index contributed by atoms with van der Waals surface area (Å²) in [5.41, 5.74) is 0. The summed E-state index contributed by atoms with van der Waals surface area (Å²) in [6, 6.07) is 0. The Balaban J connectivity index is 2.13. The van der Waals surface area contributed by atoms with E-state index in [4.69, 9.17) is 17.0 Å². The van der Waals surface area contributed by atoms with E-state index in [0.29, 0.717) is 5.17 Å². The second-order valence-corrected chi connectivity index (χ2v) is 3.86. The van der Waals surface area contributed by atoms with Crippen molar-refractivity contribution < 1.29 is 4.74 Å². The Kier molecular flexibility index (Phi) is 5.13. The van der Waals surface area contributed by atoms with Crippen LogP contribution in [0.4, 0.5) is 0 Å². The minimum Gasteiger partial charge on any atom is -0.471 e. The summed E-state index contributed by atoms with van der Waals surface area (Å²) in [4.78, 5) is 2.19. The van der Waals surface area contributed by atoms with E-state index >= 15 is 0 Å². The van der Waals surface area contributed by atoms with Crippen LogP contribution in [0, 0.1) is 0 Å². The first-order valence-electron chi connectivity index (χ1n) is 5.26. The molecular weight excluding hydrogens is 182 g/mol. The number of rotatable bonds is 3. The zero-order valence-corrected chi connectivity index (χ0v) is 9.24. The highest BCUT2D eigenvalue weighted by atomic mass is 32.1. The SMILES string of the molecule is CCCCOC(=S)N1CCCCC1. The van der Waals surface area contributed by atoms with E-state index in [1.807, 2.05) is 0 Å². The normalized spacial score (nSPS) is 17.2. The molecule has 0 aromatic rings. The Hall–Kier alpha value is -0.310. The van der Waals surface area contributed by atoms with Crippen molar-refractivity contribution in [2.24, 2.45) is 0 Å². The molecule has 0 aliphatic carbocycles. The quantitative estimate of drug-likeness (QED) is 0.514. The van der Waals surface area contributed by atoms with E-state index in [1.54, 1.807) is 0 Å². The van der Waals surface area contributed by atoms with Crippen molar-refractivity contribution in [3.63, 3.8) is 0 Å². The van der Waals surface area contributed by atoms with Crippen LogP contribution in [-0.2, 0) is 4.74 Å². The number of ether oxygens (including phenoxy) is 1. The molecule has 1 fully saturated rings. The van der Waals surface area contributed by atoms with Crippen LogP contribution in [0.15, 0.2) is 0 Å². The maximum absolute atomic E-state index is 5.48. The molecule has 1 saturated heterocycles. The number of nitrogens with zero attached hydrogens (tertiary/aromatic N) is 1. The Bertz CT molecular complexity index is 155. The van der Waals surface area contributed by atoms with Crippen LogP contribution < -0.4 is 0 Å². The Morgan fingerprint density at radius 1 is 1.31 bits per heavy atom. The van der Waals surface area contributed by atoms with Gasteiger partial charge in [-0.3, -0.25) is 0 Å². The summed E-state index contributed by atoms with van der Waals surface area (Å²) < 4.78 is 5.48. The van der Waals surface area contributed by atoms with Gasteiger partial charge in [0.2, 0.25) is 0 Å². The second-order valence-electron chi connectivity index (χ2n) is 3.52. The first-order chi connectivity index (χ1) is 6.34. The molecule has 0 radical (unpaired) electrons. The highest BCUT2D eigenvalue weighted by Crippen LogP contribution is 2.10. The van der Waals surface area contributed by atoms with Crippen molar-refractivity contribution in [3.05, 3.63) is 0 Å². The van der Waals surface area contributed by atoms with Gasteiger partial charge >= 0.3 is 0 Å². The van der Waals surface area contributed by atoms with Gasteiger partial charge in [0, 0.05) is 13.1 Å². The van der Waals surface area contributed by atoms with Gasteiger partial charge in [-0.2, -0.15) is 0 Å². The summed E-state index contributed by atoms with van der Waals surface area (Å²) >= 11 is 5.19. The van der Waals surface area contributed by atoms with Crippen molar-refractivity contribution in [2.45, 2.75) is 39.0 Å². The first-order valence-corrected chi connectivity index (χ1v) is 5.67. The zero-order chi connectivity index (χ0) is 9.52. The summed E-state index contributed by atoms with van der Waals surface area (Å²) in [6.07, 6.45) is 6.14. The predicted molar refractivity (Wildman–Crippen MR) is 58.9 cm³/mol. The van der Waals surface area contributed by atoms with E-state index < -0.39 is 0 Å². The molecule has 1 aliphatic heterocycles. The number of hydrogen-bond acceptors (Lipinski definition) is 2. The predicted octanol–water partition coefficient (Wildman–Crippen LogP) is 2.57. The Labute approximate surface area is 86.3 Å². The van der Waals surface area contributed by atoms with Gasteiger partial charge in [0.1, 0.15) is 0 Å². The van der Waals surface area contributed by atoms with E-state index in [-0.39, 0.29) is 0 Å². The highest BCUT2D eigenvalue weighted by molar-refractivity contribution is 7.80. The molecule has 0 atom stereocenters. The molecule has 0 aromatic carbocycles. The average molecular weight is 201 g/mol. The molecule has 0 aromatic heterocycles. The summed E-state index contributed by atoms with van der Waals surface area (Å²) in [7, 11) is 0. The molecule has 3 heteroatoms. The van der Waals surface area contributed by atoms with Crippen molar-refractivity contribution >= 4 is 17.4 Å². The standard InChI is InChI=1S/C10H19NOS/c1-2-3-9-12-10(13)11-7-5-4-6-8-11/h2-9H2,1H3. The van der Waals surface area contributed by atoms with Crippen LogP contribution >= 0.6 is 12.2 Å². The molecule has 1 rings (SSSR count). The first kappa shape index (κ1) is 10.8. The summed E-state index contributed by atoms with van der Waals surface area (Å²) in [6.45, 7) is 5.12. The van der Waals surface area contributed by atoms with Gasteiger partial charge in [-0.25, -0.2) is 0 Å². The lowest BCUT2D eigenvalue weighted by atomic mass is 10.1. The summed E-state index contributed by atoms with van der Waals surface area (Å²) in [5.74, 6) is 0. The molecule has 0 saturated carbocycles. The Morgan fingerprint density at radius 2 is 2.00 bits per heavy atom. The maximum Gasteiger partial charge on any atom is 0.259 e. The molecule has 0 unspecified atom stereocenters. The smallest absolute Gasteiger partial charge is 0.259 e. The van der Waals surface area contributed by atoms with Crippen LogP contribution in [0.25, 0.3) is 0 Å². The van der Waals surface area contributed by atoms with Crippen LogP contribution in [0.3, 0.4) is 0 Å². The van der Waals surface area contributed by atoms with Gasteiger partial charge in [-0.05, 0) is 37.9 Å². The lowest BCUT2D eigenvalue weighted by Crippen LogP contribution is -2.35. The van der Waals surface area contributed by atoms with Gasteiger partial charge in [-0.15, -0.1) is 0 Å². The number of hydrogen-bond donors (Lipinski definition) is 0. The van der Waals surface area contributed by atoms with Crippen molar-refractivity contribution in [1.29, 1.82) is 0 Å². The molecule has 2 nitrogen and oxygen atoms in total. The number of piperidine rings is 1. The van der Waals surface area contributed by atoms with Gasteiger partial charge in [0.15, 0.2) is 0 Å². The lowest BCUT2D eigenvalue weighted by molar-refractivity contribution is 0.220. The fourth-order valence-corrected chi connectivity index (χ4v) is 1.74. The fourth-order valence-electron chi connectivity index (χ4n) is 1.47. The van der Waals surface area contributed by atoms with Gasteiger partial charge < -0.3 is 9.64 Å². The Morgan fingerprint density at radius 3 is 2.62 bits per heavy atom. The van der Waals surface area contributed by atoms with Crippen LogP contribution in [-0.4, -0.2) is 29.8 Å². The topological polar surface area (TPSA) is 12.5 Å². The van der Waals surface area contributed by atoms with Crippen molar-refractivity contribution in [2.75, 3.05) is 19.7 Å². The molecule has 0 amide bonds. The van der Waals surface area contributed by atoms with Crippen LogP contribution in [0.2, 0.25) is 0 Å². The molecule has 0 spiro atoms. The zero-order valence-electron chi connectivity index (χ0n) is 8.42. The number of unbranched alkanes of at least 4 members (excludes halogenated alkanes) is 1.